The zero-order chi connectivity index (χ0) is 25.3. The van der Waals surface area contributed by atoms with Gasteiger partial charge in [0.2, 0.25) is 15.9 Å². The first-order chi connectivity index (χ1) is 16.6. The van der Waals surface area contributed by atoms with E-state index in [1.165, 1.54) is 25.3 Å². The summed E-state index contributed by atoms with van der Waals surface area (Å²) >= 11 is 12.6. The van der Waals surface area contributed by atoms with Crippen LogP contribution in [0.1, 0.15) is 23.5 Å². The molecule has 2 N–H and O–H groups in total. The van der Waals surface area contributed by atoms with E-state index in [0.29, 0.717) is 23.0 Å². The van der Waals surface area contributed by atoms with Gasteiger partial charge in [0.15, 0.2) is 5.75 Å². The number of sulfonamides is 1. The third kappa shape index (κ3) is 5.06. The molecule has 0 bridgehead atoms. The lowest BCUT2D eigenvalue weighted by molar-refractivity contribution is -0.117. The van der Waals surface area contributed by atoms with Crippen LogP contribution in [0.5, 0.6) is 17.2 Å². The van der Waals surface area contributed by atoms with E-state index >= 15 is 0 Å². The minimum absolute atomic E-state index is 0.0523. The number of para-hydroxylation sites is 1. The minimum atomic E-state index is -3.98. The number of rotatable bonds is 6. The van der Waals surface area contributed by atoms with Gasteiger partial charge in [-0.1, -0.05) is 35.3 Å². The predicted octanol–water partition coefficient (Wildman–Crippen LogP) is 4.83. The number of nitriles is 1. The van der Waals surface area contributed by atoms with Crippen molar-refractivity contribution in [3.63, 3.8) is 0 Å². The van der Waals surface area contributed by atoms with Crippen molar-refractivity contribution in [2.24, 2.45) is 5.14 Å². The number of hydrogen-bond donors (Lipinski definition) is 1. The number of amides is 1. The first kappa shape index (κ1) is 24.8. The molecule has 35 heavy (non-hydrogen) atoms. The van der Waals surface area contributed by atoms with Gasteiger partial charge < -0.3 is 14.4 Å². The van der Waals surface area contributed by atoms with Gasteiger partial charge in [0.25, 0.3) is 0 Å². The molecule has 0 aromatic heterocycles. The molecule has 1 aliphatic rings. The molecule has 1 heterocycles. The zero-order valence-corrected chi connectivity index (χ0v) is 20.7. The van der Waals surface area contributed by atoms with Crippen LogP contribution in [0.15, 0.2) is 59.5 Å². The number of ether oxygens (including phenoxy) is 2. The molecule has 8 nitrogen and oxygen atoms in total. The van der Waals surface area contributed by atoms with E-state index in [0.717, 1.165) is 5.56 Å². The summed E-state index contributed by atoms with van der Waals surface area (Å²) in [7, 11) is -2.65. The fraction of sp³-hybridized carbons (Fsp3) is 0.167. The van der Waals surface area contributed by atoms with Crippen molar-refractivity contribution in [2.45, 2.75) is 17.2 Å². The number of nitrogens with zero attached hydrogens (tertiary/aromatic N) is 2. The zero-order valence-electron chi connectivity index (χ0n) is 18.4. The molecule has 0 aliphatic carbocycles. The molecule has 1 aliphatic heterocycles. The number of anilines is 1. The van der Waals surface area contributed by atoms with Gasteiger partial charge >= 0.3 is 0 Å². The van der Waals surface area contributed by atoms with Gasteiger partial charge in [-0.25, -0.2) is 13.6 Å². The normalized spacial score (nSPS) is 15.7. The van der Waals surface area contributed by atoms with E-state index in [1.807, 2.05) is 6.07 Å². The lowest BCUT2D eigenvalue weighted by Crippen LogP contribution is -2.24. The van der Waals surface area contributed by atoms with Crippen LogP contribution in [0.4, 0.5) is 5.69 Å². The van der Waals surface area contributed by atoms with Gasteiger partial charge in [0, 0.05) is 30.6 Å². The van der Waals surface area contributed by atoms with Crippen LogP contribution in [0.25, 0.3) is 0 Å². The summed E-state index contributed by atoms with van der Waals surface area (Å²) in [6.45, 7) is 0.341. The van der Waals surface area contributed by atoms with Crippen molar-refractivity contribution in [3.05, 3.63) is 75.8 Å². The van der Waals surface area contributed by atoms with E-state index < -0.39 is 10.0 Å². The molecule has 180 valence electrons. The summed E-state index contributed by atoms with van der Waals surface area (Å²) in [5.74, 6) is 0.223. The molecular weight excluding hydrogens is 513 g/mol. The molecule has 4 rings (SSSR count). The maximum Gasteiger partial charge on any atom is 0.241 e. The van der Waals surface area contributed by atoms with Crippen molar-refractivity contribution in [1.29, 1.82) is 5.26 Å². The number of hydrogen-bond acceptors (Lipinski definition) is 6. The van der Waals surface area contributed by atoms with Crippen LogP contribution in [0.2, 0.25) is 10.0 Å². The Morgan fingerprint density at radius 2 is 1.86 bits per heavy atom. The predicted molar refractivity (Wildman–Crippen MR) is 132 cm³/mol. The van der Waals surface area contributed by atoms with Crippen LogP contribution in [0, 0.1) is 11.3 Å². The van der Waals surface area contributed by atoms with E-state index in [2.05, 4.69) is 0 Å². The Bertz CT molecular complexity index is 1470. The van der Waals surface area contributed by atoms with E-state index in [-0.39, 0.29) is 45.2 Å². The number of carbonyl (C=O) groups is 1. The first-order valence-electron chi connectivity index (χ1n) is 10.3. The second kappa shape index (κ2) is 9.76. The van der Waals surface area contributed by atoms with Gasteiger partial charge in [-0.05, 0) is 42.0 Å². The van der Waals surface area contributed by atoms with Crippen LogP contribution in [0.3, 0.4) is 0 Å². The molecule has 0 saturated carbocycles. The minimum Gasteiger partial charge on any atom is -0.495 e. The van der Waals surface area contributed by atoms with Crippen molar-refractivity contribution < 1.29 is 22.7 Å². The number of halogens is 2. The number of benzene rings is 3. The quantitative estimate of drug-likeness (QED) is 0.485. The maximum atomic E-state index is 12.8. The molecule has 0 radical (unpaired) electrons. The van der Waals surface area contributed by atoms with Gasteiger partial charge in [-0.15, -0.1) is 0 Å². The molecule has 1 atom stereocenters. The van der Waals surface area contributed by atoms with Crippen molar-refractivity contribution >= 4 is 44.8 Å². The SMILES string of the molecule is COc1cc(N2C[C@@H](c3ccc(Cl)c(Oc4c(Cl)cccc4C#N)c3)CC2=O)ccc1S(N)(=O)=O. The second-order valence-corrected chi connectivity index (χ2v) is 10.2. The lowest BCUT2D eigenvalue weighted by Gasteiger charge is -2.19. The van der Waals surface area contributed by atoms with E-state index in [1.54, 1.807) is 41.3 Å². The average molecular weight is 532 g/mol. The topological polar surface area (TPSA) is 123 Å². The van der Waals surface area contributed by atoms with Gasteiger partial charge in [-0.2, -0.15) is 5.26 Å². The smallest absolute Gasteiger partial charge is 0.241 e. The van der Waals surface area contributed by atoms with Crippen LogP contribution in [-0.2, 0) is 14.8 Å². The summed E-state index contributed by atoms with van der Waals surface area (Å²) in [6, 6.07) is 16.4. The highest BCUT2D eigenvalue weighted by Gasteiger charge is 2.33. The molecule has 3 aromatic carbocycles. The van der Waals surface area contributed by atoms with E-state index in [4.69, 9.17) is 37.8 Å². The summed E-state index contributed by atoms with van der Waals surface area (Å²) in [4.78, 5) is 14.2. The van der Waals surface area contributed by atoms with Crippen LogP contribution >= 0.6 is 23.2 Å². The molecule has 0 unspecified atom stereocenters. The summed E-state index contributed by atoms with van der Waals surface area (Å²) in [5, 5.41) is 15.2. The summed E-state index contributed by atoms with van der Waals surface area (Å²) < 4.78 is 34.6. The van der Waals surface area contributed by atoms with Gasteiger partial charge in [0.05, 0.1) is 22.7 Å². The van der Waals surface area contributed by atoms with Crippen LogP contribution in [-0.4, -0.2) is 28.0 Å². The summed E-state index contributed by atoms with van der Waals surface area (Å²) in [5.41, 5.74) is 1.55. The molecule has 3 aromatic rings. The Labute approximate surface area is 212 Å². The average Bonchev–Trinajstić information content (AvgIpc) is 3.22. The second-order valence-electron chi connectivity index (χ2n) is 7.81. The maximum absolute atomic E-state index is 12.8. The molecule has 1 amide bonds. The fourth-order valence-electron chi connectivity index (χ4n) is 3.90. The molecule has 0 spiro atoms. The highest BCUT2D eigenvalue weighted by Crippen LogP contribution is 2.40. The Morgan fingerprint density at radius 1 is 1.09 bits per heavy atom. The molecule has 1 fully saturated rings. The highest BCUT2D eigenvalue weighted by atomic mass is 35.5. The molecule has 1 saturated heterocycles. The number of nitrogens with two attached hydrogens (primary N) is 1. The largest absolute Gasteiger partial charge is 0.495 e. The molecular formula is C24H19Cl2N3O5S. The fourth-order valence-corrected chi connectivity index (χ4v) is 4.95. The number of carbonyl (C=O) groups excluding carboxylic acids is 1. The highest BCUT2D eigenvalue weighted by molar-refractivity contribution is 7.89. The Balaban J connectivity index is 1.62. The van der Waals surface area contributed by atoms with Crippen molar-refractivity contribution in [3.8, 4) is 23.3 Å². The Kier molecular flexibility index (Phi) is 6.92. The molecule has 11 heteroatoms. The summed E-state index contributed by atoms with van der Waals surface area (Å²) in [6.07, 6.45) is 0.218. The monoisotopic (exact) mass is 531 g/mol. The Morgan fingerprint density at radius 3 is 2.54 bits per heavy atom. The van der Waals surface area contributed by atoms with Crippen LogP contribution < -0.4 is 19.5 Å². The van der Waals surface area contributed by atoms with Gasteiger partial charge in [0.1, 0.15) is 22.5 Å². The Hall–Kier alpha value is -3.29. The number of primary sulfonamides is 1. The lowest BCUT2D eigenvalue weighted by atomic mass is 9.98. The number of methoxy groups -OCH3 is 1. The first-order valence-corrected chi connectivity index (χ1v) is 12.6. The third-order valence-corrected chi connectivity index (χ3v) is 7.18. The van der Waals surface area contributed by atoms with Gasteiger partial charge in [-0.3, -0.25) is 4.79 Å². The van der Waals surface area contributed by atoms with Crippen molar-refractivity contribution in [1.82, 2.24) is 0 Å². The standard InChI is InChI=1S/C24H19Cl2N3O5S/c1-33-21-11-17(6-8-22(21)35(28,31)32)29-13-16(10-23(29)30)14-5-7-18(25)20(9-14)34-24-15(12-27)3-2-4-19(24)26/h2-9,11,16H,10,13H2,1H3,(H2,28,31,32)/t16-/m0/s1. The van der Waals surface area contributed by atoms with Crippen molar-refractivity contribution in [2.75, 3.05) is 18.6 Å². The third-order valence-electron chi connectivity index (χ3n) is 5.62. The van der Waals surface area contributed by atoms with E-state index in [9.17, 15) is 18.5 Å².